The monoisotopic (exact) mass is 342 g/mol. The van der Waals surface area contributed by atoms with Crippen LogP contribution in [0.4, 0.5) is 0 Å². The first-order valence-electron chi connectivity index (χ1n) is 9.19. The van der Waals surface area contributed by atoms with Crippen molar-refractivity contribution in [3.63, 3.8) is 0 Å². The zero-order valence-corrected chi connectivity index (χ0v) is 15.0. The van der Waals surface area contributed by atoms with Crippen LogP contribution < -0.4 is 0 Å². The van der Waals surface area contributed by atoms with Gasteiger partial charge in [-0.15, -0.1) is 0 Å². The predicted octanol–water partition coefficient (Wildman–Crippen LogP) is 1.55. The van der Waals surface area contributed by atoms with Gasteiger partial charge in [0.1, 0.15) is 5.82 Å². The minimum Gasteiger partial charge on any atom is -0.391 e. The molecule has 1 saturated heterocycles. The van der Waals surface area contributed by atoms with Crippen LogP contribution in [-0.2, 0) is 7.05 Å². The van der Waals surface area contributed by atoms with Crippen LogP contribution in [0.2, 0.25) is 0 Å². The average molecular weight is 342 g/mol. The van der Waals surface area contributed by atoms with Crippen molar-refractivity contribution in [3.05, 3.63) is 29.6 Å². The maximum atomic E-state index is 12.9. The molecule has 0 spiro atoms. The lowest BCUT2D eigenvalue weighted by atomic mass is 10.1. The number of hydrogen-bond donors (Lipinski definition) is 1. The Kier molecular flexibility index (Phi) is 4.25. The van der Waals surface area contributed by atoms with Crippen LogP contribution in [-0.4, -0.2) is 68.7 Å². The molecule has 2 heterocycles. The van der Waals surface area contributed by atoms with Gasteiger partial charge in [0.25, 0.3) is 5.91 Å². The quantitative estimate of drug-likeness (QED) is 0.900. The van der Waals surface area contributed by atoms with Gasteiger partial charge in [-0.3, -0.25) is 9.69 Å². The summed E-state index contributed by atoms with van der Waals surface area (Å²) in [4.78, 5) is 21.7. The molecule has 25 heavy (non-hydrogen) atoms. The van der Waals surface area contributed by atoms with Gasteiger partial charge in [0.05, 0.1) is 17.1 Å². The van der Waals surface area contributed by atoms with Crippen molar-refractivity contribution in [1.82, 2.24) is 19.4 Å². The molecule has 1 N–H and O–H groups in total. The third kappa shape index (κ3) is 2.93. The first-order valence-corrected chi connectivity index (χ1v) is 9.19. The van der Waals surface area contributed by atoms with E-state index in [9.17, 15) is 9.90 Å². The summed E-state index contributed by atoms with van der Waals surface area (Å²) in [6.07, 6.45) is 2.89. The minimum atomic E-state index is -0.197. The molecule has 1 aromatic heterocycles. The molecule has 1 aliphatic carbocycles. The van der Waals surface area contributed by atoms with Crippen LogP contribution in [0.5, 0.6) is 0 Å². The van der Waals surface area contributed by atoms with E-state index in [1.165, 1.54) is 0 Å². The largest absolute Gasteiger partial charge is 0.391 e. The fourth-order valence-corrected chi connectivity index (χ4v) is 4.24. The van der Waals surface area contributed by atoms with Gasteiger partial charge >= 0.3 is 0 Å². The Morgan fingerprint density at radius 3 is 2.64 bits per heavy atom. The molecule has 0 unspecified atom stereocenters. The molecule has 2 fully saturated rings. The second-order valence-electron chi connectivity index (χ2n) is 7.32. The van der Waals surface area contributed by atoms with Crippen LogP contribution in [0, 0.1) is 6.92 Å². The smallest absolute Gasteiger partial charge is 0.254 e. The highest BCUT2D eigenvalue weighted by Gasteiger charge is 2.33. The first kappa shape index (κ1) is 16.5. The van der Waals surface area contributed by atoms with Crippen LogP contribution in [0.1, 0.15) is 35.4 Å². The molecular weight excluding hydrogens is 316 g/mol. The molecule has 134 valence electrons. The van der Waals surface area contributed by atoms with E-state index < -0.39 is 0 Å². The highest BCUT2D eigenvalue weighted by Crippen LogP contribution is 2.25. The number of carbonyl (C=O) groups is 1. The molecule has 1 saturated carbocycles. The molecule has 6 nitrogen and oxygen atoms in total. The zero-order chi connectivity index (χ0) is 17.6. The Balaban J connectivity index is 1.45. The molecule has 2 aromatic rings. The van der Waals surface area contributed by atoms with Crippen molar-refractivity contribution < 1.29 is 9.90 Å². The van der Waals surface area contributed by atoms with E-state index in [4.69, 9.17) is 0 Å². The van der Waals surface area contributed by atoms with Crippen molar-refractivity contribution in [2.24, 2.45) is 7.05 Å². The number of aryl methyl sites for hydroxylation is 2. The SMILES string of the molecule is Cc1nc2cc(C(=O)N3CCN([C@@H]4CCC[C@H]4O)CC3)ccc2n1C. The number of imidazole rings is 1. The summed E-state index contributed by atoms with van der Waals surface area (Å²) in [5.41, 5.74) is 2.63. The van der Waals surface area contributed by atoms with E-state index in [1.54, 1.807) is 0 Å². The molecular formula is C19H26N4O2. The zero-order valence-electron chi connectivity index (χ0n) is 15.0. The third-order valence-corrected chi connectivity index (χ3v) is 5.87. The lowest BCUT2D eigenvalue weighted by molar-refractivity contribution is 0.0315. The minimum absolute atomic E-state index is 0.0804. The van der Waals surface area contributed by atoms with Crippen molar-refractivity contribution in [3.8, 4) is 0 Å². The normalized spacial score (nSPS) is 25.0. The molecule has 1 aromatic carbocycles. The van der Waals surface area contributed by atoms with E-state index in [2.05, 4.69) is 9.88 Å². The number of aromatic nitrogens is 2. The number of nitrogens with zero attached hydrogens (tertiary/aromatic N) is 4. The number of hydrogen-bond acceptors (Lipinski definition) is 4. The lowest BCUT2D eigenvalue weighted by Crippen LogP contribution is -2.53. The van der Waals surface area contributed by atoms with Crippen molar-refractivity contribution in [1.29, 1.82) is 0 Å². The number of aliphatic hydroxyl groups excluding tert-OH is 1. The van der Waals surface area contributed by atoms with Crippen LogP contribution in [0.3, 0.4) is 0 Å². The van der Waals surface area contributed by atoms with E-state index in [0.29, 0.717) is 5.56 Å². The van der Waals surface area contributed by atoms with Gasteiger partial charge in [0.2, 0.25) is 0 Å². The number of carbonyl (C=O) groups excluding carboxylic acids is 1. The number of fused-ring (bicyclic) bond motifs is 1. The highest BCUT2D eigenvalue weighted by molar-refractivity contribution is 5.97. The Morgan fingerprint density at radius 2 is 1.96 bits per heavy atom. The van der Waals surface area contributed by atoms with Crippen molar-refractivity contribution >= 4 is 16.9 Å². The molecule has 0 bridgehead atoms. The Morgan fingerprint density at radius 1 is 1.20 bits per heavy atom. The fourth-order valence-electron chi connectivity index (χ4n) is 4.24. The summed E-state index contributed by atoms with van der Waals surface area (Å²) in [5, 5.41) is 10.1. The highest BCUT2D eigenvalue weighted by atomic mass is 16.3. The fraction of sp³-hybridized carbons (Fsp3) is 0.579. The second-order valence-corrected chi connectivity index (χ2v) is 7.32. The van der Waals surface area contributed by atoms with Gasteiger partial charge in [0.15, 0.2) is 0 Å². The molecule has 2 atom stereocenters. The summed E-state index contributed by atoms with van der Waals surface area (Å²) in [7, 11) is 1.99. The summed E-state index contributed by atoms with van der Waals surface area (Å²) < 4.78 is 2.04. The van der Waals surface area contributed by atoms with Crippen LogP contribution in [0.15, 0.2) is 18.2 Å². The first-order chi connectivity index (χ1) is 12.0. The number of rotatable bonds is 2. The van der Waals surface area contributed by atoms with Gasteiger partial charge in [0, 0.05) is 44.8 Å². The van der Waals surface area contributed by atoms with E-state index in [0.717, 1.165) is 62.3 Å². The summed E-state index contributed by atoms with van der Waals surface area (Å²) >= 11 is 0. The van der Waals surface area contributed by atoms with Gasteiger partial charge in [-0.25, -0.2) is 4.98 Å². The van der Waals surface area contributed by atoms with E-state index in [-0.39, 0.29) is 18.1 Å². The van der Waals surface area contributed by atoms with Crippen molar-refractivity contribution in [2.75, 3.05) is 26.2 Å². The summed E-state index contributed by atoms with van der Waals surface area (Å²) in [6.45, 7) is 5.11. The molecule has 4 rings (SSSR count). The van der Waals surface area contributed by atoms with E-state index in [1.807, 2.05) is 41.6 Å². The molecule has 1 amide bonds. The number of piperazine rings is 1. The summed E-state index contributed by atoms with van der Waals surface area (Å²) in [5.74, 6) is 1.03. The van der Waals surface area contributed by atoms with Gasteiger partial charge in [-0.1, -0.05) is 0 Å². The Bertz CT molecular complexity index is 792. The van der Waals surface area contributed by atoms with Crippen molar-refractivity contribution in [2.45, 2.75) is 38.3 Å². The predicted molar refractivity (Wildman–Crippen MR) is 96.6 cm³/mol. The Hall–Kier alpha value is -1.92. The third-order valence-electron chi connectivity index (χ3n) is 5.87. The number of amides is 1. The lowest BCUT2D eigenvalue weighted by Gasteiger charge is -2.39. The molecule has 1 aliphatic heterocycles. The number of benzene rings is 1. The standard InChI is InChI=1S/C19H26N4O2/c1-13-20-15-12-14(6-7-16(15)21(13)2)19(25)23-10-8-22(9-11-23)17-4-3-5-18(17)24/h6-7,12,17-18,24H,3-5,8-11H2,1-2H3/t17-,18-/m1/s1. The van der Waals surface area contributed by atoms with Gasteiger partial charge in [-0.05, 0) is 44.4 Å². The number of aliphatic hydroxyl groups is 1. The molecule has 2 aliphatic rings. The molecule has 0 radical (unpaired) electrons. The topological polar surface area (TPSA) is 61.6 Å². The second kappa shape index (κ2) is 6.42. The van der Waals surface area contributed by atoms with E-state index >= 15 is 0 Å². The Labute approximate surface area is 148 Å². The molecule has 6 heteroatoms. The maximum absolute atomic E-state index is 12.9. The van der Waals surface area contributed by atoms with Gasteiger partial charge < -0.3 is 14.6 Å². The summed E-state index contributed by atoms with van der Waals surface area (Å²) in [6, 6.07) is 6.06. The van der Waals surface area contributed by atoms with Crippen LogP contribution >= 0.6 is 0 Å². The van der Waals surface area contributed by atoms with Gasteiger partial charge in [-0.2, -0.15) is 0 Å². The van der Waals surface area contributed by atoms with Crippen LogP contribution in [0.25, 0.3) is 11.0 Å². The maximum Gasteiger partial charge on any atom is 0.254 e. The average Bonchev–Trinajstić information content (AvgIpc) is 3.17.